The van der Waals surface area contributed by atoms with E-state index in [1.165, 1.54) is 11.3 Å². The second-order valence-corrected chi connectivity index (χ2v) is 4.59. The summed E-state index contributed by atoms with van der Waals surface area (Å²) in [5.41, 5.74) is 0. The quantitative estimate of drug-likeness (QED) is 0.726. The number of carbonyl (C=O) groups is 1. The number of halogens is 3. The van der Waals surface area contributed by atoms with Crippen LogP contribution in [0, 0.1) is 0 Å². The van der Waals surface area contributed by atoms with Crippen LogP contribution < -0.4 is 0 Å². The van der Waals surface area contributed by atoms with Gasteiger partial charge in [-0.05, 0) is 11.4 Å². The summed E-state index contributed by atoms with van der Waals surface area (Å²) < 4.78 is 24.4. The molecule has 6 heteroatoms. The van der Waals surface area contributed by atoms with Crippen molar-refractivity contribution in [3.8, 4) is 0 Å². The highest BCUT2D eigenvalue weighted by atomic mass is 35.5. The maximum Gasteiger partial charge on any atom is 0.255 e. The number of rotatable bonds is 6. The van der Waals surface area contributed by atoms with Gasteiger partial charge in [0.25, 0.3) is 6.43 Å². The first-order valence-electron chi connectivity index (χ1n) is 4.77. The summed E-state index contributed by atoms with van der Waals surface area (Å²) in [4.78, 5) is 13.7. The van der Waals surface area contributed by atoms with Crippen molar-refractivity contribution in [1.29, 1.82) is 0 Å². The van der Waals surface area contributed by atoms with Gasteiger partial charge in [-0.3, -0.25) is 4.79 Å². The third kappa shape index (κ3) is 4.45. The van der Waals surface area contributed by atoms with Gasteiger partial charge in [-0.25, -0.2) is 8.78 Å². The number of thiophene rings is 1. The van der Waals surface area contributed by atoms with E-state index in [0.29, 0.717) is 0 Å². The van der Waals surface area contributed by atoms with Gasteiger partial charge in [0.15, 0.2) is 0 Å². The summed E-state index contributed by atoms with van der Waals surface area (Å²) in [5, 5.41) is 1.85. The molecule has 0 spiro atoms. The second-order valence-electron chi connectivity index (χ2n) is 3.18. The van der Waals surface area contributed by atoms with E-state index in [9.17, 15) is 13.6 Å². The van der Waals surface area contributed by atoms with Crippen molar-refractivity contribution >= 4 is 28.8 Å². The molecule has 0 aliphatic rings. The molecule has 0 saturated carbocycles. The molecule has 0 radical (unpaired) electrons. The van der Waals surface area contributed by atoms with Crippen LogP contribution in [0.2, 0.25) is 0 Å². The zero-order valence-corrected chi connectivity index (χ0v) is 10.1. The molecule has 2 nitrogen and oxygen atoms in total. The molecular formula is C10H12ClF2NOS. The largest absolute Gasteiger partial charge is 0.335 e. The molecule has 0 N–H and O–H groups in total. The van der Waals surface area contributed by atoms with Gasteiger partial charge in [-0.2, -0.15) is 0 Å². The van der Waals surface area contributed by atoms with E-state index < -0.39 is 13.0 Å². The van der Waals surface area contributed by atoms with Crippen molar-refractivity contribution < 1.29 is 13.6 Å². The molecule has 16 heavy (non-hydrogen) atoms. The average molecular weight is 268 g/mol. The number of hydrogen-bond acceptors (Lipinski definition) is 2. The van der Waals surface area contributed by atoms with Crippen LogP contribution in [0.5, 0.6) is 0 Å². The highest BCUT2D eigenvalue weighted by Crippen LogP contribution is 2.11. The molecule has 0 saturated heterocycles. The van der Waals surface area contributed by atoms with Crippen LogP contribution in [-0.2, 0) is 11.2 Å². The van der Waals surface area contributed by atoms with E-state index in [1.807, 2.05) is 17.5 Å². The smallest absolute Gasteiger partial charge is 0.255 e. The average Bonchev–Trinajstić information content (AvgIpc) is 2.69. The van der Waals surface area contributed by atoms with Gasteiger partial charge in [0, 0.05) is 17.3 Å². The van der Waals surface area contributed by atoms with Gasteiger partial charge < -0.3 is 4.90 Å². The van der Waals surface area contributed by atoms with Crippen molar-refractivity contribution in [3.05, 3.63) is 22.4 Å². The standard InChI is InChI=1S/C10H12ClF2NOS/c11-3-4-14(7-9(12)13)10(15)6-8-2-1-5-16-8/h1-2,5,9H,3-4,6-7H2. The molecule has 0 aliphatic carbocycles. The van der Waals surface area contributed by atoms with E-state index >= 15 is 0 Å². The minimum atomic E-state index is -2.52. The lowest BCUT2D eigenvalue weighted by molar-refractivity contribution is -0.132. The summed E-state index contributed by atoms with van der Waals surface area (Å²) >= 11 is 6.91. The molecule has 1 amide bonds. The normalized spacial score (nSPS) is 10.8. The molecule has 1 rings (SSSR count). The number of amides is 1. The van der Waals surface area contributed by atoms with Gasteiger partial charge in [0.05, 0.1) is 13.0 Å². The Labute approximate surface area is 102 Å². The van der Waals surface area contributed by atoms with Crippen LogP contribution in [-0.4, -0.2) is 36.2 Å². The molecule has 0 bridgehead atoms. The first-order chi connectivity index (χ1) is 7.63. The van der Waals surface area contributed by atoms with Crippen molar-refractivity contribution in [2.75, 3.05) is 19.0 Å². The Kier molecular flexibility index (Phi) is 5.69. The number of alkyl halides is 3. The van der Waals surface area contributed by atoms with Crippen molar-refractivity contribution in [2.24, 2.45) is 0 Å². The Morgan fingerprint density at radius 1 is 1.56 bits per heavy atom. The lowest BCUT2D eigenvalue weighted by Gasteiger charge is -2.20. The summed E-state index contributed by atoms with van der Waals surface area (Å²) in [6, 6.07) is 3.64. The zero-order chi connectivity index (χ0) is 12.0. The van der Waals surface area contributed by atoms with Crippen molar-refractivity contribution in [2.45, 2.75) is 12.8 Å². The van der Waals surface area contributed by atoms with E-state index in [-0.39, 0.29) is 24.8 Å². The molecule has 0 atom stereocenters. The molecule has 90 valence electrons. The Morgan fingerprint density at radius 3 is 2.81 bits per heavy atom. The SMILES string of the molecule is O=C(Cc1cccs1)N(CCCl)CC(F)F. The lowest BCUT2D eigenvalue weighted by Crippen LogP contribution is -2.37. The van der Waals surface area contributed by atoms with Gasteiger partial charge in [-0.15, -0.1) is 22.9 Å². The molecule has 1 aromatic rings. The van der Waals surface area contributed by atoms with Gasteiger partial charge in [0.1, 0.15) is 0 Å². The highest BCUT2D eigenvalue weighted by molar-refractivity contribution is 7.10. The summed E-state index contributed by atoms with van der Waals surface area (Å²) in [7, 11) is 0. The van der Waals surface area contributed by atoms with Crippen molar-refractivity contribution in [3.63, 3.8) is 0 Å². The Morgan fingerprint density at radius 2 is 2.31 bits per heavy atom. The first-order valence-corrected chi connectivity index (χ1v) is 6.19. The van der Waals surface area contributed by atoms with Crippen LogP contribution >= 0.6 is 22.9 Å². The fourth-order valence-electron chi connectivity index (χ4n) is 1.26. The third-order valence-corrected chi connectivity index (χ3v) is 3.02. The molecular weight excluding hydrogens is 256 g/mol. The van der Waals surface area contributed by atoms with Crippen molar-refractivity contribution in [1.82, 2.24) is 4.90 Å². The second kappa shape index (κ2) is 6.81. The predicted octanol–water partition coefficient (Wildman–Crippen LogP) is 2.62. The molecule has 1 heterocycles. The van der Waals surface area contributed by atoms with E-state index in [1.54, 1.807) is 0 Å². The Balaban J connectivity index is 2.53. The van der Waals surface area contributed by atoms with Crippen LogP contribution in [0.15, 0.2) is 17.5 Å². The molecule has 0 aliphatic heterocycles. The Hall–Kier alpha value is -0.680. The molecule has 0 aromatic carbocycles. The number of carbonyl (C=O) groups excluding carboxylic acids is 1. The molecule has 0 unspecified atom stereocenters. The maximum absolute atomic E-state index is 12.2. The zero-order valence-electron chi connectivity index (χ0n) is 8.54. The van der Waals surface area contributed by atoms with Crippen LogP contribution in [0.4, 0.5) is 8.78 Å². The number of hydrogen-bond donors (Lipinski definition) is 0. The fraction of sp³-hybridized carbons (Fsp3) is 0.500. The molecule has 1 aromatic heterocycles. The van der Waals surface area contributed by atoms with E-state index in [0.717, 1.165) is 9.78 Å². The minimum absolute atomic E-state index is 0.163. The van der Waals surface area contributed by atoms with Gasteiger partial charge in [0.2, 0.25) is 5.91 Å². The monoisotopic (exact) mass is 267 g/mol. The highest BCUT2D eigenvalue weighted by Gasteiger charge is 2.18. The topological polar surface area (TPSA) is 20.3 Å². The van der Waals surface area contributed by atoms with Gasteiger partial charge in [-0.1, -0.05) is 6.07 Å². The fourth-order valence-corrected chi connectivity index (χ4v) is 2.16. The summed E-state index contributed by atoms with van der Waals surface area (Å²) in [6.07, 6.45) is -2.35. The van der Waals surface area contributed by atoms with E-state index in [4.69, 9.17) is 11.6 Å². The van der Waals surface area contributed by atoms with Crippen LogP contribution in [0.1, 0.15) is 4.88 Å². The lowest BCUT2D eigenvalue weighted by atomic mass is 10.3. The predicted molar refractivity (Wildman–Crippen MR) is 61.3 cm³/mol. The van der Waals surface area contributed by atoms with Crippen LogP contribution in [0.25, 0.3) is 0 Å². The Bertz CT molecular complexity index is 319. The first kappa shape index (κ1) is 13.4. The number of nitrogens with zero attached hydrogens (tertiary/aromatic N) is 1. The summed E-state index contributed by atoms with van der Waals surface area (Å²) in [5.74, 6) is -0.133. The molecule has 0 fully saturated rings. The maximum atomic E-state index is 12.2. The third-order valence-electron chi connectivity index (χ3n) is 1.97. The van der Waals surface area contributed by atoms with Gasteiger partial charge >= 0.3 is 0 Å². The van der Waals surface area contributed by atoms with E-state index in [2.05, 4.69) is 0 Å². The minimum Gasteiger partial charge on any atom is -0.335 e. The summed E-state index contributed by atoms with van der Waals surface area (Å²) in [6.45, 7) is -0.382. The van der Waals surface area contributed by atoms with Crippen LogP contribution in [0.3, 0.4) is 0 Å².